The molecule has 4 rings (SSSR count). The van der Waals surface area contributed by atoms with Gasteiger partial charge < -0.3 is 14.9 Å². The van der Waals surface area contributed by atoms with Crippen molar-refractivity contribution in [2.24, 2.45) is 0 Å². The van der Waals surface area contributed by atoms with Crippen LogP contribution in [0.4, 0.5) is 0 Å². The zero-order chi connectivity index (χ0) is 20.2. The van der Waals surface area contributed by atoms with Gasteiger partial charge in [-0.2, -0.15) is 0 Å². The molecule has 0 aliphatic carbocycles. The van der Waals surface area contributed by atoms with Crippen molar-refractivity contribution in [1.29, 1.82) is 0 Å². The number of rotatable bonds is 5. The van der Waals surface area contributed by atoms with E-state index in [2.05, 4.69) is 10.3 Å². The monoisotopic (exact) mass is 385 g/mol. The molecule has 144 valence electrons. The van der Waals surface area contributed by atoms with Crippen LogP contribution >= 0.6 is 0 Å². The first kappa shape index (κ1) is 18.4. The van der Waals surface area contributed by atoms with E-state index in [0.29, 0.717) is 18.6 Å². The number of aromatic amines is 1. The third-order valence-corrected chi connectivity index (χ3v) is 4.73. The van der Waals surface area contributed by atoms with Crippen molar-refractivity contribution in [2.75, 3.05) is 0 Å². The molecule has 4 aromatic rings. The Morgan fingerprint density at radius 1 is 0.897 bits per heavy atom. The average molecular weight is 385 g/mol. The van der Waals surface area contributed by atoms with Gasteiger partial charge >= 0.3 is 0 Å². The largest absolute Gasteiger partial charge is 0.348 e. The van der Waals surface area contributed by atoms with Crippen LogP contribution in [0.25, 0.3) is 10.9 Å². The second-order valence-corrected chi connectivity index (χ2v) is 6.77. The van der Waals surface area contributed by atoms with Crippen LogP contribution in [0.2, 0.25) is 0 Å². The van der Waals surface area contributed by atoms with Gasteiger partial charge in [0.15, 0.2) is 0 Å². The van der Waals surface area contributed by atoms with Crippen molar-refractivity contribution in [3.63, 3.8) is 0 Å². The van der Waals surface area contributed by atoms with Crippen molar-refractivity contribution in [3.8, 4) is 0 Å². The summed E-state index contributed by atoms with van der Waals surface area (Å²) in [4.78, 5) is 39.2. The zero-order valence-corrected chi connectivity index (χ0v) is 15.6. The summed E-state index contributed by atoms with van der Waals surface area (Å²) >= 11 is 0. The summed E-state index contributed by atoms with van der Waals surface area (Å²) in [6, 6.07) is 21.6. The predicted octanol–water partition coefficient (Wildman–Crippen LogP) is 2.67. The summed E-state index contributed by atoms with van der Waals surface area (Å²) in [7, 11) is 0. The van der Waals surface area contributed by atoms with Gasteiger partial charge in [-0.3, -0.25) is 14.4 Å². The SMILES string of the molecule is O=C(NCc1ccc(Cn2ccccc2=O)cc1)c1cc2ccccc2[nH]c1=O. The lowest BCUT2D eigenvalue weighted by Crippen LogP contribution is -2.29. The summed E-state index contributed by atoms with van der Waals surface area (Å²) in [6.07, 6.45) is 1.75. The van der Waals surface area contributed by atoms with Crippen molar-refractivity contribution in [3.05, 3.63) is 116 Å². The number of nitrogens with zero attached hydrogens (tertiary/aromatic N) is 1. The Bertz CT molecular complexity index is 1290. The van der Waals surface area contributed by atoms with E-state index in [4.69, 9.17) is 0 Å². The van der Waals surface area contributed by atoms with E-state index in [1.54, 1.807) is 29.0 Å². The number of amides is 1. The predicted molar refractivity (Wildman–Crippen MR) is 112 cm³/mol. The standard InChI is InChI=1S/C23H19N3O3/c27-21-7-3-4-12-26(21)15-17-10-8-16(9-11-17)14-24-22(28)19-13-18-5-1-2-6-20(18)25-23(19)29/h1-13H,14-15H2,(H,24,28)(H,25,29). The number of para-hydroxylation sites is 1. The van der Waals surface area contributed by atoms with Crippen LogP contribution < -0.4 is 16.4 Å². The molecule has 6 heteroatoms. The first-order valence-corrected chi connectivity index (χ1v) is 9.24. The third kappa shape index (κ3) is 4.16. The number of hydrogen-bond donors (Lipinski definition) is 2. The fraction of sp³-hybridized carbons (Fsp3) is 0.0870. The fourth-order valence-corrected chi connectivity index (χ4v) is 3.14. The maximum absolute atomic E-state index is 12.5. The van der Waals surface area contributed by atoms with Gasteiger partial charge in [0.25, 0.3) is 17.0 Å². The van der Waals surface area contributed by atoms with Crippen LogP contribution in [0.1, 0.15) is 21.5 Å². The lowest BCUT2D eigenvalue weighted by molar-refractivity contribution is 0.0949. The second kappa shape index (κ2) is 7.98. The lowest BCUT2D eigenvalue weighted by Gasteiger charge is -2.08. The van der Waals surface area contributed by atoms with E-state index in [9.17, 15) is 14.4 Å². The average Bonchev–Trinajstić information content (AvgIpc) is 2.74. The first-order valence-electron chi connectivity index (χ1n) is 9.24. The maximum Gasteiger partial charge on any atom is 0.261 e. The molecule has 2 heterocycles. The minimum atomic E-state index is -0.420. The lowest BCUT2D eigenvalue weighted by atomic mass is 10.1. The van der Waals surface area contributed by atoms with Crippen LogP contribution in [0, 0.1) is 0 Å². The molecule has 0 fully saturated rings. The van der Waals surface area contributed by atoms with Gasteiger partial charge in [-0.25, -0.2) is 0 Å². The molecule has 0 saturated heterocycles. The highest BCUT2D eigenvalue weighted by Gasteiger charge is 2.11. The van der Waals surface area contributed by atoms with E-state index in [-0.39, 0.29) is 11.1 Å². The summed E-state index contributed by atoms with van der Waals surface area (Å²) in [5, 5.41) is 3.59. The van der Waals surface area contributed by atoms with Gasteiger partial charge in [0.1, 0.15) is 5.56 Å². The zero-order valence-electron chi connectivity index (χ0n) is 15.6. The van der Waals surface area contributed by atoms with Gasteiger partial charge in [-0.05, 0) is 34.7 Å². The normalized spacial score (nSPS) is 10.8. The van der Waals surface area contributed by atoms with Gasteiger partial charge in [-0.15, -0.1) is 0 Å². The Morgan fingerprint density at radius 3 is 2.41 bits per heavy atom. The Labute approximate surface area is 166 Å². The van der Waals surface area contributed by atoms with E-state index in [1.165, 1.54) is 6.07 Å². The van der Waals surface area contributed by atoms with Crippen LogP contribution in [0.3, 0.4) is 0 Å². The number of nitrogens with one attached hydrogen (secondary N) is 2. The first-order chi connectivity index (χ1) is 14.1. The van der Waals surface area contributed by atoms with E-state index in [0.717, 1.165) is 16.5 Å². The molecule has 1 amide bonds. The third-order valence-electron chi connectivity index (χ3n) is 4.73. The van der Waals surface area contributed by atoms with Crippen molar-refractivity contribution in [2.45, 2.75) is 13.1 Å². The van der Waals surface area contributed by atoms with E-state index >= 15 is 0 Å². The van der Waals surface area contributed by atoms with Crippen molar-refractivity contribution in [1.82, 2.24) is 14.9 Å². The molecule has 0 aliphatic heterocycles. The highest BCUT2D eigenvalue weighted by molar-refractivity contribution is 5.97. The molecule has 29 heavy (non-hydrogen) atoms. The minimum Gasteiger partial charge on any atom is -0.348 e. The van der Waals surface area contributed by atoms with Crippen LogP contribution in [-0.4, -0.2) is 15.5 Å². The number of carbonyl (C=O) groups excluding carboxylic acids is 1. The van der Waals surface area contributed by atoms with Gasteiger partial charge in [0, 0.05) is 24.3 Å². The number of pyridine rings is 2. The molecule has 2 N–H and O–H groups in total. The number of benzene rings is 2. The molecule has 0 radical (unpaired) electrons. The Kier molecular flexibility index (Phi) is 5.07. The number of H-pyrrole nitrogens is 1. The number of carbonyl (C=O) groups is 1. The molecule has 0 saturated carbocycles. The van der Waals surface area contributed by atoms with Crippen molar-refractivity contribution >= 4 is 16.8 Å². The summed E-state index contributed by atoms with van der Waals surface area (Å²) in [5.41, 5.74) is 2.21. The highest BCUT2D eigenvalue weighted by Crippen LogP contribution is 2.10. The molecule has 0 bridgehead atoms. The smallest absolute Gasteiger partial charge is 0.261 e. The highest BCUT2D eigenvalue weighted by atomic mass is 16.2. The molecule has 0 spiro atoms. The van der Waals surface area contributed by atoms with E-state index < -0.39 is 11.5 Å². The van der Waals surface area contributed by atoms with Gasteiger partial charge in [0.05, 0.1) is 6.54 Å². The van der Waals surface area contributed by atoms with Crippen molar-refractivity contribution < 1.29 is 4.79 Å². The Morgan fingerprint density at radius 2 is 1.62 bits per heavy atom. The Balaban J connectivity index is 1.43. The number of aromatic nitrogens is 2. The second-order valence-electron chi connectivity index (χ2n) is 6.77. The van der Waals surface area contributed by atoms with Gasteiger partial charge in [0.2, 0.25) is 0 Å². The molecule has 2 aromatic carbocycles. The number of hydrogen-bond acceptors (Lipinski definition) is 3. The molecule has 0 aliphatic rings. The molecule has 0 atom stereocenters. The van der Waals surface area contributed by atoms with Crippen LogP contribution in [-0.2, 0) is 13.1 Å². The topological polar surface area (TPSA) is 84.0 Å². The molecule has 6 nitrogen and oxygen atoms in total. The number of fused-ring (bicyclic) bond motifs is 1. The van der Waals surface area contributed by atoms with Gasteiger partial charge in [-0.1, -0.05) is 48.5 Å². The van der Waals surface area contributed by atoms with Crippen LogP contribution in [0.5, 0.6) is 0 Å². The molecule has 0 unspecified atom stereocenters. The molecular weight excluding hydrogens is 366 g/mol. The molecule has 2 aromatic heterocycles. The summed E-state index contributed by atoms with van der Waals surface area (Å²) in [5.74, 6) is -0.420. The van der Waals surface area contributed by atoms with Crippen LogP contribution in [0.15, 0.2) is 88.6 Å². The fourth-order valence-electron chi connectivity index (χ4n) is 3.14. The quantitative estimate of drug-likeness (QED) is 0.554. The maximum atomic E-state index is 12.5. The summed E-state index contributed by atoms with van der Waals surface area (Å²) < 4.78 is 1.63. The molecular formula is C23H19N3O3. The van der Waals surface area contributed by atoms with E-state index in [1.807, 2.05) is 48.5 Å². The Hall–Kier alpha value is -3.93. The summed E-state index contributed by atoms with van der Waals surface area (Å²) in [6.45, 7) is 0.787. The minimum absolute atomic E-state index is 0.0514.